The molecule has 1 saturated heterocycles. The number of Topliss-reactive ketones (excluding diaryl/α,β-unsaturated/α-hetero) is 1. The number of nitrogens with zero attached hydrogens (tertiary/aromatic N) is 1. The van der Waals surface area contributed by atoms with E-state index in [2.05, 4.69) is 17.0 Å². The molecule has 1 aliphatic heterocycles. The van der Waals surface area contributed by atoms with Crippen LogP contribution in [-0.4, -0.2) is 36.3 Å². The highest BCUT2D eigenvalue weighted by Gasteiger charge is 2.36. The van der Waals surface area contributed by atoms with Gasteiger partial charge in [0.05, 0.1) is 7.11 Å². The number of rotatable bonds is 3. The van der Waals surface area contributed by atoms with Gasteiger partial charge in [0.1, 0.15) is 11.7 Å². The molecular formula is C15H19NO3. The minimum Gasteiger partial charge on any atom is -0.468 e. The zero-order valence-corrected chi connectivity index (χ0v) is 11.3. The summed E-state index contributed by atoms with van der Waals surface area (Å²) in [7, 11) is 1.33. The fourth-order valence-electron chi connectivity index (χ4n) is 2.47. The highest BCUT2D eigenvalue weighted by Crippen LogP contribution is 2.22. The number of benzene rings is 1. The van der Waals surface area contributed by atoms with Gasteiger partial charge in [-0.1, -0.05) is 30.3 Å². The number of carbonyl (C=O) groups is 2. The molecule has 0 amide bonds. The van der Waals surface area contributed by atoms with Gasteiger partial charge in [0.15, 0.2) is 0 Å². The third-order valence-electron chi connectivity index (χ3n) is 3.64. The number of likely N-dealkylation sites (tertiary alicyclic amines) is 1. The van der Waals surface area contributed by atoms with Crippen LogP contribution in [-0.2, 0) is 20.9 Å². The number of methoxy groups -OCH3 is 1. The number of esters is 1. The first-order chi connectivity index (χ1) is 9.11. The Morgan fingerprint density at radius 1 is 1.37 bits per heavy atom. The number of carbonyl (C=O) groups excluding carboxylic acids is 2. The van der Waals surface area contributed by atoms with Crippen molar-refractivity contribution in [1.29, 1.82) is 0 Å². The largest absolute Gasteiger partial charge is 0.468 e. The van der Waals surface area contributed by atoms with Crippen molar-refractivity contribution in [3.05, 3.63) is 35.9 Å². The molecule has 0 radical (unpaired) electrons. The Morgan fingerprint density at radius 3 is 2.68 bits per heavy atom. The van der Waals surface area contributed by atoms with Gasteiger partial charge in [-0.05, 0) is 12.5 Å². The van der Waals surface area contributed by atoms with Crippen molar-refractivity contribution in [2.75, 3.05) is 13.7 Å². The normalized spacial score (nSPS) is 24.2. The van der Waals surface area contributed by atoms with E-state index in [0.717, 1.165) is 6.54 Å². The van der Waals surface area contributed by atoms with Gasteiger partial charge in [-0.25, -0.2) is 0 Å². The molecule has 0 N–H and O–H groups in total. The van der Waals surface area contributed by atoms with Crippen molar-refractivity contribution in [3.8, 4) is 0 Å². The van der Waals surface area contributed by atoms with Crippen LogP contribution in [0.1, 0.15) is 18.9 Å². The summed E-state index contributed by atoms with van der Waals surface area (Å²) in [6, 6.07) is 10.2. The SMILES string of the molecule is COC(=O)C1CN(Cc2ccccc2)C(C)CC1=O. The Morgan fingerprint density at radius 2 is 2.05 bits per heavy atom. The predicted octanol–water partition coefficient (Wildman–Crippen LogP) is 1.64. The number of ether oxygens (including phenoxy) is 1. The Hall–Kier alpha value is -1.68. The average Bonchev–Trinajstić information content (AvgIpc) is 2.42. The number of ketones is 1. The first-order valence-corrected chi connectivity index (χ1v) is 6.50. The molecule has 2 rings (SSSR count). The van der Waals surface area contributed by atoms with Gasteiger partial charge >= 0.3 is 5.97 Å². The van der Waals surface area contributed by atoms with Crippen LogP contribution in [0.3, 0.4) is 0 Å². The predicted molar refractivity (Wildman–Crippen MR) is 71.4 cm³/mol. The fraction of sp³-hybridized carbons (Fsp3) is 0.467. The number of hydrogen-bond donors (Lipinski definition) is 0. The van der Waals surface area contributed by atoms with E-state index in [0.29, 0.717) is 13.0 Å². The molecule has 2 unspecified atom stereocenters. The Balaban J connectivity index is 2.08. The van der Waals surface area contributed by atoms with Gasteiger partial charge in [-0.15, -0.1) is 0 Å². The zero-order chi connectivity index (χ0) is 13.8. The molecule has 2 atom stereocenters. The summed E-state index contributed by atoms with van der Waals surface area (Å²) < 4.78 is 4.71. The van der Waals surface area contributed by atoms with Crippen LogP contribution in [0.2, 0.25) is 0 Å². The third kappa shape index (κ3) is 3.20. The van der Waals surface area contributed by atoms with E-state index < -0.39 is 11.9 Å². The first kappa shape index (κ1) is 13.7. The highest BCUT2D eigenvalue weighted by molar-refractivity contribution is 6.00. The number of hydrogen-bond acceptors (Lipinski definition) is 4. The number of piperidine rings is 1. The van der Waals surface area contributed by atoms with Crippen LogP contribution < -0.4 is 0 Å². The van der Waals surface area contributed by atoms with Crippen molar-refractivity contribution in [3.63, 3.8) is 0 Å². The van der Waals surface area contributed by atoms with Gasteiger partial charge < -0.3 is 4.74 Å². The molecule has 1 fully saturated rings. The molecule has 0 bridgehead atoms. The van der Waals surface area contributed by atoms with E-state index in [1.807, 2.05) is 25.1 Å². The molecule has 102 valence electrons. The van der Waals surface area contributed by atoms with E-state index >= 15 is 0 Å². The van der Waals surface area contributed by atoms with E-state index in [4.69, 9.17) is 4.74 Å². The van der Waals surface area contributed by atoms with Gasteiger partial charge in [0.25, 0.3) is 0 Å². The molecule has 0 saturated carbocycles. The Bertz CT molecular complexity index is 458. The fourth-order valence-corrected chi connectivity index (χ4v) is 2.47. The lowest BCUT2D eigenvalue weighted by Crippen LogP contribution is -2.48. The molecule has 19 heavy (non-hydrogen) atoms. The molecule has 1 aromatic carbocycles. The lowest BCUT2D eigenvalue weighted by molar-refractivity contribution is -0.152. The van der Waals surface area contributed by atoms with Crippen molar-refractivity contribution >= 4 is 11.8 Å². The molecule has 0 aliphatic carbocycles. The molecular weight excluding hydrogens is 242 g/mol. The summed E-state index contributed by atoms with van der Waals surface area (Å²) in [6.07, 6.45) is 0.409. The third-order valence-corrected chi connectivity index (χ3v) is 3.64. The molecule has 0 spiro atoms. The van der Waals surface area contributed by atoms with E-state index in [1.165, 1.54) is 12.7 Å². The first-order valence-electron chi connectivity index (χ1n) is 6.50. The minimum absolute atomic E-state index is 0.0105. The smallest absolute Gasteiger partial charge is 0.317 e. The summed E-state index contributed by atoms with van der Waals surface area (Å²) in [5, 5.41) is 0. The maximum absolute atomic E-state index is 11.9. The molecule has 1 aromatic rings. The lowest BCUT2D eigenvalue weighted by Gasteiger charge is -2.35. The van der Waals surface area contributed by atoms with Crippen LogP contribution in [0.25, 0.3) is 0 Å². The summed E-state index contributed by atoms with van der Waals surface area (Å²) in [5.41, 5.74) is 1.19. The summed E-state index contributed by atoms with van der Waals surface area (Å²) in [4.78, 5) is 25.7. The zero-order valence-electron chi connectivity index (χ0n) is 11.3. The maximum Gasteiger partial charge on any atom is 0.317 e. The second kappa shape index (κ2) is 5.97. The topological polar surface area (TPSA) is 46.6 Å². The molecule has 0 aromatic heterocycles. The quantitative estimate of drug-likeness (QED) is 0.613. The summed E-state index contributed by atoms with van der Waals surface area (Å²) in [5.74, 6) is -1.07. The minimum atomic E-state index is -0.634. The Kier molecular flexibility index (Phi) is 4.32. The van der Waals surface area contributed by atoms with Crippen LogP contribution in [0, 0.1) is 5.92 Å². The second-order valence-electron chi connectivity index (χ2n) is 5.01. The van der Waals surface area contributed by atoms with Gasteiger partial charge in [-0.3, -0.25) is 14.5 Å². The van der Waals surface area contributed by atoms with Crippen LogP contribution in [0.15, 0.2) is 30.3 Å². The van der Waals surface area contributed by atoms with Gasteiger partial charge in [0.2, 0.25) is 0 Å². The summed E-state index contributed by atoms with van der Waals surface area (Å²) >= 11 is 0. The molecule has 1 aliphatic rings. The maximum atomic E-state index is 11.9. The monoisotopic (exact) mass is 261 g/mol. The van der Waals surface area contributed by atoms with Crippen molar-refractivity contribution in [2.24, 2.45) is 5.92 Å². The molecule has 4 heteroatoms. The standard InChI is InChI=1S/C15H19NO3/c1-11-8-14(17)13(15(18)19-2)10-16(11)9-12-6-4-3-5-7-12/h3-7,11,13H,8-10H2,1-2H3. The van der Waals surface area contributed by atoms with Crippen molar-refractivity contribution in [2.45, 2.75) is 25.9 Å². The second-order valence-corrected chi connectivity index (χ2v) is 5.01. The summed E-state index contributed by atoms with van der Waals surface area (Å²) in [6.45, 7) is 3.22. The van der Waals surface area contributed by atoms with Crippen LogP contribution in [0.5, 0.6) is 0 Å². The van der Waals surface area contributed by atoms with Gasteiger partial charge in [-0.2, -0.15) is 0 Å². The van der Waals surface area contributed by atoms with Crippen LogP contribution >= 0.6 is 0 Å². The Labute approximate surface area is 113 Å². The van der Waals surface area contributed by atoms with Crippen molar-refractivity contribution < 1.29 is 14.3 Å². The van der Waals surface area contributed by atoms with Crippen LogP contribution in [0.4, 0.5) is 0 Å². The average molecular weight is 261 g/mol. The van der Waals surface area contributed by atoms with Crippen molar-refractivity contribution in [1.82, 2.24) is 4.90 Å². The highest BCUT2D eigenvalue weighted by atomic mass is 16.5. The van der Waals surface area contributed by atoms with E-state index in [1.54, 1.807) is 0 Å². The van der Waals surface area contributed by atoms with E-state index in [-0.39, 0.29) is 11.8 Å². The molecule has 1 heterocycles. The lowest BCUT2D eigenvalue weighted by atomic mass is 9.91. The molecule has 4 nitrogen and oxygen atoms in total. The van der Waals surface area contributed by atoms with E-state index in [9.17, 15) is 9.59 Å². The van der Waals surface area contributed by atoms with Gasteiger partial charge in [0, 0.05) is 25.6 Å².